The molecule has 10 heteroatoms. The summed E-state index contributed by atoms with van der Waals surface area (Å²) in [4.78, 5) is 26.5. The molecule has 8 nitrogen and oxygen atoms in total. The number of para-hydroxylation sites is 4. The van der Waals surface area contributed by atoms with Crippen LogP contribution in [0.5, 0.6) is 23.0 Å². The fourth-order valence-electron chi connectivity index (χ4n) is 3.25. The first kappa shape index (κ1) is 26.0. The lowest BCUT2D eigenvalue weighted by molar-refractivity contribution is -0.118. The zero-order chi connectivity index (χ0) is 26.1. The summed E-state index contributed by atoms with van der Waals surface area (Å²) in [5, 5.41) is 5.29. The molecule has 2 amide bonds. The maximum Gasteiger partial charge on any atom is 0.387 e. The summed E-state index contributed by atoms with van der Waals surface area (Å²) < 4.78 is 45.8. The number of carbonyl (C=O) groups is 2. The van der Waals surface area contributed by atoms with E-state index < -0.39 is 18.4 Å². The second-order valence-corrected chi connectivity index (χ2v) is 7.16. The smallest absolute Gasteiger partial charge is 0.387 e. The van der Waals surface area contributed by atoms with Gasteiger partial charge in [-0.3, -0.25) is 9.59 Å². The predicted octanol–water partition coefficient (Wildman–Crippen LogP) is 4.97. The number of hydrogen-bond donors (Lipinski definition) is 2. The quantitative estimate of drug-likeness (QED) is 0.233. The van der Waals surface area contributed by atoms with Crippen molar-refractivity contribution in [1.29, 1.82) is 0 Å². The monoisotopic (exact) mass is 498 g/mol. The zero-order valence-electron chi connectivity index (χ0n) is 19.7. The molecular weight excluding hydrogens is 474 g/mol. The summed E-state index contributed by atoms with van der Waals surface area (Å²) in [6.07, 6.45) is 1.24. The number of halogens is 2. The van der Waals surface area contributed by atoms with Crippen LogP contribution in [0.3, 0.4) is 0 Å². The molecule has 0 bridgehead atoms. The fraction of sp³-hybridized carbons (Fsp3) is 0.154. The van der Waals surface area contributed by atoms with Crippen LogP contribution in [-0.4, -0.2) is 39.8 Å². The highest BCUT2D eigenvalue weighted by atomic mass is 19.3. The normalized spacial score (nSPS) is 10.3. The Morgan fingerprint density at radius 2 is 1.22 bits per heavy atom. The average Bonchev–Trinajstić information content (AvgIpc) is 2.87. The highest BCUT2D eigenvalue weighted by Crippen LogP contribution is 2.31. The SMILES string of the molecule is COc1ccccc1NC(=O)C(=Cc1ccc(OC)c(OC(F)F)c1)C(=O)Nc1ccccc1OC. The molecule has 188 valence electrons. The summed E-state index contributed by atoms with van der Waals surface area (Å²) in [6.45, 7) is -3.10. The second kappa shape index (κ2) is 12.2. The Bertz CT molecular complexity index is 1200. The molecule has 0 atom stereocenters. The van der Waals surface area contributed by atoms with Crippen molar-refractivity contribution in [3.63, 3.8) is 0 Å². The van der Waals surface area contributed by atoms with Gasteiger partial charge in [-0.1, -0.05) is 30.3 Å². The Morgan fingerprint density at radius 1 is 0.722 bits per heavy atom. The second-order valence-electron chi connectivity index (χ2n) is 7.16. The highest BCUT2D eigenvalue weighted by molar-refractivity contribution is 6.29. The first-order valence-corrected chi connectivity index (χ1v) is 10.6. The molecule has 0 aromatic heterocycles. The number of amides is 2. The van der Waals surface area contributed by atoms with Gasteiger partial charge in [0.2, 0.25) is 0 Å². The van der Waals surface area contributed by atoms with Crippen LogP contribution in [0.4, 0.5) is 20.2 Å². The third kappa shape index (κ3) is 6.50. The van der Waals surface area contributed by atoms with Crippen LogP contribution in [0.25, 0.3) is 6.08 Å². The molecule has 0 aliphatic heterocycles. The van der Waals surface area contributed by atoms with E-state index in [1.165, 1.54) is 45.6 Å². The Labute approximate surface area is 206 Å². The Morgan fingerprint density at radius 3 is 1.69 bits per heavy atom. The van der Waals surface area contributed by atoms with Gasteiger partial charge in [0.25, 0.3) is 11.8 Å². The Balaban J connectivity index is 2.02. The molecule has 36 heavy (non-hydrogen) atoms. The predicted molar refractivity (Wildman–Crippen MR) is 131 cm³/mol. The number of methoxy groups -OCH3 is 3. The summed E-state index contributed by atoms with van der Waals surface area (Å²) >= 11 is 0. The molecule has 0 fully saturated rings. The zero-order valence-corrected chi connectivity index (χ0v) is 19.7. The molecule has 3 aromatic carbocycles. The number of nitrogens with one attached hydrogen (secondary N) is 2. The van der Waals surface area contributed by atoms with Crippen molar-refractivity contribution in [2.24, 2.45) is 0 Å². The molecule has 0 radical (unpaired) electrons. The molecule has 2 N–H and O–H groups in total. The number of hydrogen-bond acceptors (Lipinski definition) is 6. The number of anilines is 2. The van der Waals surface area contributed by atoms with Crippen molar-refractivity contribution >= 4 is 29.3 Å². The van der Waals surface area contributed by atoms with Crippen LogP contribution >= 0.6 is 0 Å². The summed E-state index contributed by atoms with van der Waals surface area (Å²) in [6, 6.07) is 17.4. The van der Waals surface area contributed by atoms with Crippen molar-refractivity contribution in [1.82, 2.24) is 0 Å². The van der Waals surface area contributed by atoms with Gasteiger partial charge >= 0.3 is 6.61 Å². The van der Waals surface area contributed by atoms with Gasteiger partial charge in [0.05, 0.1) is 32.7 Å². The van der Waals surface area contributed by atoms with Gasteiger partial charge < -0.3 is 29.6 Å². The van der Waals surface area contributed by atoms with Gasteiger partial charge in [-0.25, -0.2) is 0 Å². The summed E-state index contributed by atoms with van der Waals surface area (Å²) in [5.41, 5.74) is 0.585. The molecule has 0 saturated carbocycles. The minimum atomic E-state index is -3.10. The number of ether oxygens (including phenoxy) is 4. The lowest BCUT2D eigenvalue weighted by Gasteiger charge is -2.14. The number of benzene rings is 3. The summed E-state index contributed by atoms with van der Waals surface area (Å²) in [5.74, 6) is -0.959. The fourth-order valence-corrected chi connectivity index (χ4v) is 3.25. The van der Waals surface area contributed by atoms with E-state index in [4.69, 9.17) is 14.2 Å². The van der Waals surface area contributed by atoms with E-state index in [2.05, 4.69) is 15.4 Å². The molecular formula is C26H24F2N2O6. The molecule has 0 heterocycles. The maximum atomic E-state index is 13.3. The van der Waals surface area contributed by atoms with E-state index >= 15 is 0 Å². The van der Waals surface area contributed by atoms with Gasteiger partial charge in [0.1, 0.15) is 17.1 Å². The van der Waals surface area contributed by atoms with Crippen molar-refractivity contribution in [3.8, 4) is 23.0 Å². The summed E-state index contributed by atoms with van der Waals surface area (Å²) in [7, 11) is 4.19. The van der Waals surface area contributed by atoms with Crippen LogP contribution in [0.15, 0.2) is 72.3 Å². The minimum absolute atomic E-state index is 0.0611. The third-order valence-electron chi connectivity index (χ3n) is 4.91. The van der Waals surface area contributed by atoms with E-state index in [1.54, 1.807) is 48.5 Å². The molecule has 0 aliphatic rings. The van der Waals surface area contributed by atoms with Gasteiger partial charge in [-0.05, 0) is 48.0 Å². The van der Waals surface area contributed by atoms with Crippen LogP contribution < -0.4 is 29.6 Å². The average molecular weight is 498 g/mol. The number of alkyl halides is 2. The first-order valence-electron chi connectivity index (χ1n) is 10.6. The Hall–Kier alpha value is -4.60. The highest BCUT2D eigenvalue weighted by Gasteiger charge is 2.22. The molecule has 0 unspecified atom stereocenters. The van der Waals surface area contributed by atoms with Crippen molar-refractivity contribution in [2.45, 2.75) is 6.61 Å². The van der Waals surface area contributed by atoms with E-state index in [0.717, 1.165) is 0 Å². The topological polar surface area (TPSA) is 95.1 Å². The number of rotatable bonds is 10. The van der Waals surface area contributed by atoms with E-state index in [0.29, 0.717) is 22.9 Å². The number of carbonyl (C=O) groups excluding carboxylic acids is 2. The van der Waals surface area contributed by atoms with Crippen LogP contribution in [-0.2, 0) is 9.59 Å². The van der Waals surface area contributed by atoms with E-state index in [9.17, 15) is 18.4 Å². The van der Waals surface area contributed by atoms with Crippen LogP contribution in [0.1, 0.15) is 5.56 Å². The first-order chi connectivity index (χ1) is 17.4. The van der Waals surface area contributed by atoms with Gasteiger partial charge in [0, 0.05) is 0 Å². The molecule has 0 saturated heterocycles. The lowest BCUT2D eigenvalue weighted by atomic mass is 10.1. The molecule has 0 aliphatic carbocycles. The molecule has 3 aromatic rings. The lowest BCUT2D eigenvalue weighted by Crippen LogP contribution is -2.25. The van der Waals surface area contributed by atoms with Crippen LogP contribution in [0, 0.1) is 0 Å². The maximum absolute atomic E-state index is 13.3. The van der Waals surface area contributed by atoms with E-state index in [-0.39, 0.29) is 22.6 Å². The van der Waals surface area contributed by atoms with Crippen molar-refractivity contribution in [2.75, 3.05) is 32.0 Å². The molecule has 0 spiro atoms. The van der Waals surface area contributed by atoms with Crippen molar-refractivity contribution < 1.29 is 37.3 Å². The molecule has 3 rings (SSSR count). The third-order valence-corrected chi connectivity index (χ3v) is 4.91. The standard InChI is InChI=1S/C26H24F2N2O6/c1-33-20-10-6-4-8-18(20)29-24(31)17(25(32)30-19-9-5-7-11-21(19)34-2)14-16-12-13-22(35-3)23(15-16)36-26(27)28/h4-15,26H,1-3H3,(H,29,31)(H,30,32). The Kier molecular flexibility index (Phi) is 8.82. The largest absolute Gasteiger partial charge is 0.495 e. The van der Waals surface area contributed by atoms with Gasteiger partial charge in [-0.2, -0.15) is 8.78 Å². The minimum Gasteiger partial charge on any atom is -0.495 e. The van der Waals surface area contributed by atoms with Gasteiger partial charge in [-0.15, -0.1) is 0 Å². The van der Waals surface area contributed by atoms with Crippen LogP contribution in [0.2, 0.25) is 0 Å². The van der Waals surface area contributed by atoms with Crippen molar-refractivity contribution in [3.05, 3.63) is 77.9 Å². The van der Waals surface area contributed by atoms with E-state index in [1.807, 2.05) is 0 Å². The van der Waals surface area contributed by atoms with Gasteiger partial charge in [0.15, 0.2) is 11.5 Å².